The fourth-order valence-corrected chi connectivity index (χ4v) is 3.93. The van der Waals surface area contributed by atoms with Gasteiger partial charge in [-0.05, 0) is 41.9 Å². The van der Waals surface area contributed by atoms with Gasteiger partial charge in [0.25, 0.3) is 5.56 Å². The zero-order valence-electron chi connectivity index (χ0n) is 10.2. The summed E-state index contributed by atoms with van der Waals surface area (Å²) in [6.07, 6.45) is 2.85. The minimum absolute atomic E-state index is 0.0762. The summed E-state index contributed by atoms with van der Waals surface area (Å²) in [5.74, 6) is 0. The average molecular weight is 344 g/mol. The van der Waals surface area contributed by atoms with Crippen molar-refractivity contribution < 1.29 is 5.11 Å². The molecule has 0 amide bonds. The minimum Gasteiger partial charge on any atom is -0.388 e. The number of hydrogen-bond acceptors (Lipinski definition) is 5. The van der Waals surface area contributed by atoms with Crippen molar-refractivity contribution in [3.63, 3.8) is 0 Å². The quantitative estimate of drug-likeness (QED) is 0.863. The molecule has 0 bridgehead atoms. The van der Waals surface area contributed by atoms with Crippen molar-refractivity contribution in [2.45, 2.75) is 25.0 Å². The highest BCUT2D eigenvalue weighted by Gasteiger charge is 2.30. The highest BCUT2D eigenvalue weighted by atomic mass is 79.9. The van der Waals surface area contributed by atoms with Gasteiger partial charge in [0.1, 0.15) is 10.2 Å². The predicted molar refractivity (Wildman–Crippen MR) is 78.6 cm³/mol. The van der Waals surface area contributed by atoms with Crippen molar-refractivity contribution in [3.05, 3.63) is 26.5 Å². The van der Waals surface area contributed by atoms with Gasteiger partial charge < -0.3 is 10.4 Å². The zero-order valence-corrected chi connectivity index (χ0v) is 12.6. The van der Waals surface area contributed by atoms with E-state index in [1.165, 1.54) is 22.2 Å². The van der Waals surface area contributed by atoms with E-state index in [2.05, 4.69) is 26.2 Å². The molecule has 0 aliphatic carbocycles. The van der Waals surface area contributed by atoms with Gasteiger partial charge >= 0.3 is 0 Å². The van der Waals surface area contributed by atoms with Crippen LogP contribution in [0.15, 0.2) is 21.0 Å². The molecule has 1 saturated heterocycles. The molecule has 0 saturated carbocycles. The number of nitrogens with one attached hydrogen (secondary N) is 1. The number of nitrogens with zero attached hydrogens (tertiary/aromatic N) is 2. The summed E-state index contributed by atoms with van der Waals surface area (Å²) in [7, 11) is 0. The average Bonchev–Trinajstić information content (AvgIpc) is 2.76. The molecule has 3 rings (SSSR count). The second-order valence-corrected chi connectivity index (χ2v) is 6.65. The molecule has 0 aromatic carbocycles. The lowest BCUT2D eigenvalue weighted by atomic mass is 9.92. The molecule has 0 spiro atoms. The van der Waals surface area contributed by atoms with E-state index in [1.807, 2.05) is 5.38 Å². The van der Waals surface area contributed by atoms with Crippen LogP contribution in [-0.2, 0) is 6.54 Å². The van der Waals surface area contributed by atoms with Crippen LogP contribution >= 0.6 is 27.3 Å². The first-order chi connectivity index (χ1) is 9.09. The Kier molecular flexibility index (Phi) is 3.46. The molecule has 1 aliphatic heterocycles. The van der Waals surface area contributed by atoms with Crippen molar-refractivity contribution in [2.75, 3.05) is 13.1 Å². The fraction of sp³-hybridized carbons (Fsp3) is 0.500. The van der Waals surface area contributed by atoms with Crippen LogP contribution in [0, 0.1) is 0 Å². The second kappa shape index (κ2) is 4.97. The fourth-order valence-electron chi connectivity index (χ4n) is 2.39. The number of aromatic nitrogens is 2. The first kappa shape index (κ1) is 13.2. The SMILES string of the molecule is O=c1c2scc(Br)c2ncn1CC1(O)CCNCC1. The lowest BCUT2D eigenvalue weighted by Crippen LogP contribution is -2.46. The van der Waals surface area contributed by atoms with Crippen molar-refractivity contribution >= 4 is 37.5 Å². The lowest BCUT2D eigenvalue weighted by molar-refractivity contribution is -0.00626. The summed E-state index contributed by atoms with van der Waals surface area (Å²) in [5, 5.41) is 15.6. The number of aliphatic hydroxyl groups is 1. The van der Waals surface area contributed by atoms with Crippen LogP contribution in [-0.4, -0.2) is 33.3 Å². The molecule has 1 aliphatic rings. The largest absolute Gasteiger partial charge is 0.388 e. The van der Waals surface area contributed by atoms with E-state index in [-0.39, 0.29) is 5.56 Å². The van der Waals surface area contributed by atoms with Crippen LogP contribution in [0.2, 0.25) is 0 Å². The second-order valence-electron chi connectivity index (χ2n) is 4.91. The summed E-state index contributed by atoms with van der Waals surface area (Å²) >= 11 is 4.76. The van der Waals surface area contributed by atoms with Gasteiger partial charge in [-0.1, -0.05) is 0 Å². The molecule has 19 heavy (non-hydrogen) atoms. The lowest BCUT2D eigenvalue weighted by Gasteiger charge is -2.32. The van der Waals surface area contributed by atoms with E-state index in [0.717, 1.165) is 17.6 Å². The molecule has 2 N–H and O–H groups in total. The van der Waals surface area contributed by atoms with Crippen LogP contribution in [0.1, 0.15) is 12.8 Å². The normalized spacial score (nSPS) is 18.8. The molecule has 7 heteroatoms. The number of piperidine rings is 1. The zero-order chi connectivity index (χ0) is 13.5. The number of fused-ring (bicyclic) bond motifs is 1. The number of halogens is 1. The monoisotopic (exact) mass is 343 g/mol. The van der Waals surface area contributed by atoms with E-state index in [9.17, 15) is 9.90 Å². The van der Waals surface area contributed by atoms with E-state index >= 15 is 0 Å². The van der Waals surface area contributed by atoms with Crippen LogP contribution in [0.3, 0.4) is 0 Å². The van der Waals surface area contributed by atoms with Crippen molar-refractivity contribution in [2.24, 2.45) is 0 Å². The Bertz CT molecular complexity index is 661. The highest BCUT2D eigenvalue weighted by Crippen LogP contribution is 2.26. The van der Waals surface area contributed by atoms with E-state index in [4.69, 9.17) is 0 Å². The van der Waals surface area contributed by atoms with Crippen LogP contribution in [0.4, 0.5) is 0 Å². The molecule has 102 valence electrons. The number of rotatable bonds is 2. The maximum atomic E-state index is 12.3. The summed E-state index contributed by atoms with van der Waals surface area (Å²) in [5.41, 5.74) is -0.185. The van der Waals surface area contributed by atoms with Gasteiger partial charge in [0.15, 0.2) is 0 Å². The Hall–Kier alpha value is -0.760. The van der Waals surface area contributed by atoms with E-state index < -0.39 is 5.60 Å². The smallest absolute Gasteiger partial charge is 0.271 e. The first-order valence-corrected chi connectivity index (χ1v) is 7.82. The first-order valence-electron chi connectivity index (χ1n) is 6.14. The van der Waals surface area contributed by atoms with Gasteiger partial charge in [-0.3, -0.25) is 9.36 Å². The Morgan fingerprint density at radius 1 is 1.53 bits per heavy atom. The van der Waals surface area contributed by atoms with E-state index in [1.54, 1.807) is 0 Å². The summed E-state index contributed by atoms with van der Waals surface area (Å²) < 4.78 is 3.00. The summed E-state index contributed by atoms with van der Waals surface area (Å²) in [6, 6.07) is 0. The van der Waals surface area contributed by atoms with Gasteiger partial charge in [-0.25, -0.2) is 4.98 Å². The van der Waals surface area contributed by atoms with Gasteiger partial charge in [-0.15, -0.1) is 11.3 Å². The summed E-state index contributed by atoms with van der Waals surface area (Å²) in [6.45, 7) is 1.88. The van der Waals surface area contributed by atoms with Crippen LogP contribution < -0.4 is 10.9 Å². The molecule has 3 heterocycles. The topological polar surface area (TPSA) is 67.2 Å². The Morgan fingerprint density at radius 3 is 3.00 bits per heavy atom. The third-order valence-corrected chi connectivity index (χ3v) is 5.37. The van der Waals surface area contributed by atoms with Crippen molar-refractivity contribution in [1.29, 1.82) is 0 Å². The third kappa shape index (κ3) is 2.47. The van der Waals surface area contributed by atoms with Crippen LogP contribution in [0.5, 0.6) is 0 Å². The van der Waals surface area contributed by atoms with Crippen LogP contribution in [0.25, 0.3) is 10.2 Å². The molecular weight excluding hydrogens is 330 g/mol. The van der Waals surface area contributed by atoms with Gasteiger partial charge in [0, 0.05) is 5.38 Å². The molecule has 0 radical (unpaired) electrons. The maximum absolute atomic E-state index is 12.3. The van der Waals surface area contributed by atoms with E-state index in [0.29, 0.717) is 29.6 Å². The minimum atomic E-state index is -0.807. The summed E-state index contributed by atoms with van der Waals surface area (Å²) in [4.78, 5) is 16.6. The number of thiophene rings is 1. The molecule has 2 aromatic rings. The highest BCUT2D eigenvalue weighted by molar-refractivity contribution is 9.10. The van der Waals surface area contributed by atoms with Crippen molar-refractivity contribution in [3.8, 4) is 0 Å². The molecule has 0 unspecified atom stereocenters. The number of hydrogen-bond donors (Lipinski definition) is 2. The Morgan fingerprint density at radius 2 is 2.26 bits per heavy atom. The van der Waals surface area contributed by atoms with Gasteiger partial charge in [0.2, 0.25) is 0 Å². The molecule has 0 atom stereocenters. The van der Waals surface area contributed by atoms with Crippen molar-refractivity contribution in [1.82, 2.24) is 14.9 Å². The predicted octanol–water partition coefficient (Wildman–Crippen LogP) is 1.33. The Balaban J connectivity index is 1.97. The standard InChI is InChI=1S/C12H14BrN3O2S/c13-8-5-19-10-9(8)15-7-16(11(10)17)6-12(18)1-3-14-4-2-12/h5,7,14,18H,1-4,6H2. The Labute approximate surface area is 122 Å². The molecule has 2 aromatic heterocycles. The van der Waals surface area contributed by atoms with Gasteiger partial charge in [-0.2, -0.15) is 0 Å². The van der Waals surface area contributed by atoms with Gasteiger partial charge in [0.05, 0.1) is 22.9 Å². The molecule has 1 fully saturated rings. The maximum Gasteiger partial charge on any atom is 0.271 e. The molecular formula is C12H14BrN3O2S. The molecule has 5 nitrogen and oxygen atoms in total. The third-order valence-electron chi connectivity index (χ3n) is 3.50.